The Hall–Kier alpha value is -0.950. The zero-order valence-electron chi connectivity index (χ0n) is 14.3. The van der Waals surface area contributed by atoms with E-state index >= 15 is 0 Å². The molecule has 0 heterocycles. The summed E-state index contributed by atoms with van der Waals surface area (Å²) in [6, 6.07) is -1.95. The van der Waals surface area contributed by atoms with Crippen LogP contribution < -0.4 is 10.4 Å². The Bertz CT molecular complexity index is 404. The molecule has 0 bridgehead atoms. The molecule has 1 amide bonds. The molecular weight excluding hydrogens is 323 g/mol. The fourth-order valence-electron chi connectivity index (χ4n) is 1.47. The highest BCUT2D eigenvalue weighted by Gasteiger charge is 2.30. The monoisotopic (exact) mass is 352 g/mol. The number of aliphatic carboxylic acids is 1. The third-order valence-corrected chi connectivity index (χ3v) is 4.74. The number of hydrogen-bond acceptors (Lipinski definition) is 5. The molecule has 0 aliphatic heterocycles. The van der Waals surface area contributed by atoms with Crippen molar-refractivity contribution >= 4 is 19.6 Å². The standard InChI is InChI=1S/C14H29N2O6P/c1-5-7-9-21-23(20,22-10-8-6-2)16-11(3)13(17)15-12(4)14(18)19/h11-12H,5-10H2,1-4H3,(H,15,17)(H,16,20)(H,18,19)/t11-,12-/m0/s1. The second-order valence-corrected chi connectivity index (χ2v) is 7.06. The predicted octanol–water partition coefficient (Wildman–Crippen LogP) is 2.30. The van der Waals surface area contributed by atoms with Gasteiger partial charge < -0.3 is 10.4 Å². The van der Waals surface area contributed by atoms with Crippen LogP contribution in [-0.2, 0) is 23.2 Å². The van der Waals surface area contributed by atoms with Gasteiger partial charge in [-0.25, -0.2) is 9.65 Å². The molecule has 0 aliphatic rings. The largest absolute Gasteiger partial charge is 0.480 e. The Kier molecular flexibility index (Phi) is 11.1. The number of carbonyl (C=O) groups is 2. The first kappa shape index (κ1) is 22.1. The minimum Gasteiger partial charge on any atom is -0.480 e. The lowest BCUT2D eigenvalue weighted by molar-refractivity contribution is -0.141. The molecule has 136 valence electrons. The zero-order valence-corrected chi connectivity index (χ0v) is 15.2. The van der Waals surface area contributed by atoms with Crippen molar-refractivity contribution in [2.75, 3.05) is 13.2 Å². The van der Waals surface area contributed by atoms with Gasteiger partial charge in [-0.1, -0.05) is 26.7 Å². The van der Waals surface area contributed by atoms with Crippen molar-refractivity contribution in [3.05, 3.63) is 0 Å². The van der Waals surface area contributed by atoms with E-state index in [4.69, 9.17) is 14.2 Å². The van der Waals surface area contributed by atoms with Crippen LogP contribution in [0.5, 0.6) is 0 Å². The van der Waals surface area contributed by atoms with Crippen LogP contribution in [0.2, 0.25) is 0 Å². The molecule has 2 atom stereocenters. The van der Waals surface area contributed by atoms with E-state index in [0.717, 1.165) is 25.7 Å². The van der Waals surface area contributed by atoms with Crippen molar-refractivity contribution in [2.45, 2.75) is 65.5 Å². The quantitative estimate of drug-likeness (QED) is 0.344. The van der Waals surface area contributed by atoms with Crippen LogP contribution in [0.15, 0.2) is 0 Å². The first-order valence-corrected chi connectivity index (χ1v) is 9.50. The fraction of sp³-hybridized carbons (Fsp3) is 0.857. The van der Waals surface area contributed by atoms with Gasteiger partial charge in [-0.3, -0.25) is 18.6 Å². The van der Waals surface area contributed by atoms with E-state index in [1.807, 2.05) is 13.8 Å². The van der Waals surface area contributed by atoms with Gasteiger partial charge in [0, 0.05) is 0 Å². The Morgan fingerprint density at radius 3 is 1.91 bits per heavy atom. The van der Waals surface area contributed by atoms with Gasteiger partial charge in [0.25, 0.3) is 0 Å². The molecule has 0 aromatic heterocycles. The topological polar surface area (TPSA) is 114 Å². The highest BCUT2D eigenvalue weighted by atomic mass is 31.2. The van der Waals surface area contributed by atoms with Crippen molar-refractivity contribution in [2.24, 2.45) is 0 Å². The maximum Gasteiger partial charge on any atom is 0.406 e. The average Bonchev–Trinajstić information content (AvgIpc) is 2.47. The molecule has 0 saturated carbocycles. The van der Waals surface area contributed by atoms with E-state index in [9.17, 15) is 14.2 Å². The van der Waals surface area contributed by atoms with E-state index in [1.54, 1.807) is 0 Å². The van der Waals surface area contributed by atoms with Crippen molar-refractivity contribution in [1.82, 2.24) is 10.4 Å². The van der Waals surface area contributed by atoms with Crippen LogP contribution in [0.4, 0.5) is 0 Å². The van der Waals surface area contributed by atoms with E-state index in [-0.39, 0.29) is 13.2 Å². The molecule has 0 aromatic rings. The SMILES string of the molecule is CCCCOP(=O)(N[C@@H](C)C(=O)N[C@@H](C)C(=O)O)OCCCC. The minimum absolute atomic E-state index is 0.257. The fourth-order valence-corrected chi connectivity index (χ4v) is 3.02. The Morgan fingerprint density at radius 2 is 1.52 bits per heavy atom. The van der Waals surface area contributed by atoms with E-state index in [2.05, 4.69) is 10.4 Å². The molecule has 0 aliphatic carbocycles. The number of carbonyl (C=O) groups excluding carboxylic acids is 1. The third-order valence-electron chi connectivity index (χ3n) is 2.99. The van der Waals surface area contributed by atoms with Crippen LogP contribution in [0.3, 0.4) is 0 Å². The molecule has 0 spiro atoms. The molecule has 0 unspecified atom stereocenters. The lowest BCUT2D eigenvalue weighted by Crippen LogP contribution is -2.47. The van der Waals surface area contributed by atoms with Crippen molar-refractivity contribution in [3.63, 3.8) is 0 Å². The molecule has 0 aromatic carbocycles. The minimum atomic E-state index is -3.61. The number of carboxylic acid groups (broad SMARTS) is 1. The predicted molar refractivity (Wildman–Crippen MR) is 87.2 cm³/mol. The first-order valence-electron chi connectivity index (χ1n) is 7.95. The maximum atomic E-state index is 12.6. The summed E-state index contributed by atoms with van der Waals surface area (Å²) in [6.07, 6.45) is 3.20. The van der Waals surface area contributed by atoms with Crippen LogP contribution in [0, 0.1) is 0 Å². The number of unbranched alkanes of at least 4 members (excludes halogenated alkanes) is 2. The zero-order chi connectivity index (χ0) is 17.9. The first-order chi connectivity index (χ1) is 10.8. The van der Waals surface area contributed by atoms with E-state index in [0.29, 0.717) is 0 Å². The summed E-state index contributed by atoms with van der Waals surface area (Å²) in [5.74, 6) is -1.73. The van der Waals surface area contributed by atoms with Crippen LogP contribution in [-0.4, -0.2) is 42.3 Å². The number of amides is 1. The normalized spacial score (nSPS) is 14.3. The lowest BCUT2D eigenvalue weighted by Gasteiger charge is -2.23. The molecule has 0 saturated heterocycles. The van der Waals surface area contributed by atoms with E-state index < -0.39 is 31.7 Å². The van der Waals surface area contributed by atoms with E-state index in [1.165, 1.54) is 13.8 Å². The number of carboxylic acids is 1. The molecule has 0 rings (SSSR count). The number of nitrogens with one attached hydrogen (secondary N) is 2. The lowest BCUT2D eigenvalue weighted by atomic mass is 10.3. The van der Waals surface area contributed by atoms with Gasteiger partial charge in [-0.05, 0) is 26.7 Å². The van der Waals surface area contributed by atoms with Gasteiger partial charge >= 0.3 is 13.7 Å². The van der Waals surface area contributed by atoms with Gasteiger partial charge in [0.1, 0.15) is 6.04 Å². The third kappa shape index (κ3) is 9.71. The van der Waals surface area contributed by atoms with Gasteiger partial charge in [0.2, 0.25) is 5.91 Å². The molecule has 8 nitrogen and oxygen atoms in total. The van der Waals surface area contributed by atoms with Gasteiger partial charge in [-0.2, -0.15) is 0 Å². The summed E-state index contributed by atoms with van der Waals surface area (Å²) < 4.78 is 23.3. The van der Waals surface area contributed by atoms with Crippen molar-refractivity contribution < 1.29 is 28.3 Å². The molecule has 3 N–H and O–H groups in total. The molecule has 0 radical (unpaired) electrons. The Morgan fingerprint density at radius 1 is 1.04 bits per heavy atom. The number of rotatable bonds is 13. The summed E-state index contributed by atoms with van der Waals surface area (Å²) in [4.78, 5) is 22.7. The summed E-state index contributed by atoms with van der Waals surface area (Å²) >= 11 is 0. The van der Waals surface area contributed by atoms with Gasteiger partial charge in [0.05, 0.1) is 19.3 Å². The van der Waals surface area contributed by atoms with Crippen molar-refractivity contribution in [3.8, 4) is 0 Å². The smallest absolute Gasteiger partial charge is 0.406 e. The summed E-state index contributed by atoms with van der Waals surface area (Å²) in [6.45, 7) is 7.29. The molecule has 23 heavy (non-hydrogen) atoms. The highest BCUT2D eigenvalue weighted by molar-refractivity contribution is 7.51. The van der Waals surface area contributed by atoms with Crippen LogP contribution in [0.25, 0.3) is 0 Å². The average molecular weight is 352 g/mol. The number of hydrogen-bond donors (Lipinski definition) is 3. The summed E-state index contributed by atoms with van der Waals surface area (Å²) in [5, 5.41) is 13.7. The summed E-state index contributed by atoms with van der Waals surface area (Å²) in [7, 11) is -3.61. The molecule has 9 heteroatoms. The van der Waals surface area contributed by atoms with Crippen LogP contribution in [0.1, 0.15) is 53.4 Å². The van der Waals surface area contributed by atoms with Gasteiger partial charge in [-0.15, -0.1) is 0 Å². The van der Waals surface area contributed by atoms with Gasteiger partial charge in [0.15, 0.2) is 0 Å². The van der Waals surface area contributed by atoms with Crippen molar-refractivity contribution in [1.29, 1.82) is 0 Å². The second-order valence-electron chi connectivity index (χ2n) is 5.29. The summed E-state index contributed by atoms with van der Waals surface area (Å²) in [5.41, 5.74) is 0. The molecule has 0 fully saturated rings. The highest BCUT2D eigenvalue weighted by Crippen LogP contribution is 2.44. The second kappa shape index (κ2) is 11.6. The Labute approximate surface area is 137 Å². The van der Waals surface area contributed by atoms with Crippen LogP contribution >= 0.6 is 7.75 Å². The molecular formula is C14H29N2O6P. The maximum absolute atomic E-state index is 12.6. The Balaban J connectivity index is 4.67.